The molecule has 2 rings (SSSR count). The largest absolute Gasteiger partial charge is 0.469 e. The average molecular weight is 317 g/mol. The standard InChI is InChI=1S/C14H12ClF3N2O/c15-11-4-13(19)12(18)3-10(11)8-1-2-14(20-7-8)21-9(5-16)6-17/h1-4,7,9H,5-6,19H2. The van der Waals surface area contributed by atoms with Gasteiger partial charge in [0, 0.05) is 23.4 Å². The van der Waals surface area contributed by atoms with Crippen LogP contribution in [-0.4, -0.2) is 24.4 Å². The zero-order valence-corrected chi connectivity index (χ0v) is 11.6. The van der Waals surface area contributed by atoms with Gasteiger partial charge in [0.2, 0.25) is 5.88 Å². The van der Waals surface area contributed by atoms with Crippen LogP contribution in [0, 0.1) is 5.82 Å². The number of nitrogens with two attached hydrogens (primary N) is 1. The fourth-order valence-corrected chi connectivity index (χ4v) is 1.95. The minimum atomic E-state index is -1.18. The van der Waals surface area contributed by atoms with Gasteiger partial charge in [-0.15, -0.1) is 0 Å². The van der Waals surface area contributed by atoms with E-state index in [1.165, 1.54) is 24.4 Å². The Balaban J connectivity index is 2.25. The Bertz CT molecular complexity index is 618. The number of aromatic nitrogens is 1. The molecule has 0 aliphatic rings. The second kappa shape index (κ2) is 6.67. The summed E-state index contributed by atoms with van der Waals surface area (Å²) in [5, 5.41) is 0.273. The van der Waals surface area contributed by atoms with Crippen LogP contribution in [0.15, 0.2) is 30.5 Å². The molecule has 0 spiro atoms. The van der Waals surface area contributed by atoms with Gasteiger partial charge in [-0.1, -0.05) is 11.6 Å². The van der Waals surface area contributed by atoms with Crippen LogP contribution >= 0.6 is 11.6 Å². The molecule has 0 radical (unpaired) electrons. The summed E-state index contributed by atoms with van der Waals surface area (Å²) in [5.74, 6) is -0.518. The average Bonchev–Trinajstić information content (AvgIpc) is 2.49. The van der Waals surface area contributed by atoms with E-state index in [1.807, 2.05) is 0 Å². The molecule has 0 unspecified atom stereocenters. The molecule has 1 heterocycles. The molecule has 0 saturated heterocycles. The number of alkyl halides is 2. The van der Waals surface area contributed by atoms with Crippen molar-refractivity contribution in [2.24, 2.45) is 0 Å². The Labute approximate surface area is 124 Å². The first-order valence-corrected chi connectivity index (χ1v) is 6.42. The maximum absolute atomic E-state index is 13.5. The number of hydrogen-bond donors (Lipinski definition) is 1. The smallest absolute Gasteiger partial charge is 0.213 e. The van der Waals surface area contributed by atoms with Crippen LogP contribution in [0.5, 0.6) is 5.88 Å². The maximum Gasteiger partial charge on any atom is 0.213 e. The van der Waals surface area contributed by atoms with Gasteiger partial charge in [-0.2, -0.15) is 0 Å². The van der Waals surface area contributed by atoms with E-state index in [2.05, 4.69) is 4.98 Å². The molecule has 0 saturated carbocycles. The van der Waals surface area contributed by atoms with Gasteiger partial charge < -0.3 is 10.5 Å². The number of rotatable bonds is 5. The van der Waals surface area contributed by atoms with Crippen molar-refractivity contribution in [3.8, 4) is 17.0 Å². The minimum Gasteiger partial charge on any atom is -0.469 e. The van der Waals surface area contributed by atoms with Gasteiger partial charge >= 0.3 is 0 Å². The Morgan fingerprint density at radius 1 is 1.24 bits per heavy atom. The quantitative estimate of drug-likeness (QED) is 0.853. The molecule has 0 bridgehead atoms. The minimum absolute atomic E-state index is 0.0506. The fourth-order valence-electron chi connectivity index (χ4n) is 1.67. The predicted molar refractivity (Wildman–Crippen MR) is 75.4 cm³/mol. The highest BCUT2D eigenvalue weighted by molar-refractivity contribution is 6.33. The first kappa shape index (κ1) is 15.4. The topological polar surface area (TPSA) is 48.1 Å². The summed E-state index contributed by atoms with van der Waals surface area (Å²) in [6, 6.07) is 5.49. The number of nitrogen functional groups attached to an aromatic ring is 1. The number of hydrogen-bond acceptors (Lipinski definition) is 3. The molecule has 21 heavy (non-hydrogen) atoms. The molecule has 2 N–H and O–H groups in total. The molecule has 0 aliphatic carbocycles. The summed E-state index contributed by atoms with van der Waals surface area (Å²) < 4.78 is 43.2. The van der Waals surface area contributed by atoms with Gasteiger partial charge in [-0.05, 0) is 18.2 Å². The highest BCUT2D eigenvalue weighted by Gasteiger charge is 2.12. The monoisotopic (exact) mass is 316 g/mol. The molecule has 0 atom stereocenters. The van der Waals surface area contributed by atoms with Gasteiger partial charge in [0.25, 0.3) is 0 Å². The van der Waals surface area contributed by atoms with Gasteiger partial charge in [-0.25, -0.2) is 18.2 Å². The van der Waals surface area contributed by atoms with Crippen molar-refractivity contribution < 1.29 is 17.9 Å². The van der Waals surface area contributed by atoms with Crippen LogP contribution in [0.1, 0.15) is 0 Å². The van der Waals surface area contributed by atoms with Crippen molar-refractivity contribution in [3.63, 3.8) is 0 Å². The zero-order chi connectivity index (χ0) is 15.4. The van der Waals surface area contributed by atoms with Crippen LogP contribution in [0.4, 0.5) is 18.9 Å². The number of anilines is 1. The Morgan fingerprint density at radius 2 is 1.95 bits per heavy atom. The SMILES string of the molecule is Nc1cc(Cl)c(-c2ccc(OC(CF)CF)nc2)cc1F. The van der Waals surface area contributed by atoms with Crippen molar-refractivity contribution in [1.29, 1.82) is 0 Å². The summed E-state index contributed by atoms with van der Waals surface area (Å²) in [4.78, 5) is 3.92. The van der Waals surface area contributed by atoms with E-state index in [0.717, 1.165) is 0 Å². The van der Waals surface area contributed by atoms with Crippen molar-refractivity contribution in [3.05, 3.63) is 41.3 Å². The molecule has 0 fully saturated rings. The molecule has 3 nitrogen and oxygen atoms in total. The first-order valence-electron chi connectivity index (χ1n) is 6.04. The molecule has 2 aromatic rings. The second-order valence-electron chi connectivity index (χ2n) is 4.29. The molecule has 1 aromatic heterocycles. The summed E-state index contributed by atoms with van der Waals surface area (Å²) in [6.45, 7) is -1.90. The summed E-state index contributed by atoms with van der Waals surface area (Å²) in [7, 11) is 0. The molecular weight excluding hydrogens is 305 g/mol. The van der Waals surface area contributed by atoms with E-state index in [9.17, 15) is 13.2 Å². The van der Waals surface area contributed by atoms with E-state index >= 15 is 0 Å². The van der Waals surface area contributed by atoms with E-state index in [1.54, 1.807) is 6.07 Å². The first-order chi connectivity index (χ1) is 10.0. The van der Waals surface area contributed by atoms with E-state index < -0.39 is 25.3 Å². The van der Waals surface area contributed by atoms with E-state index in [4.69, 9.17) is 22.1 Å². The lowest BCUT2D eigenvalue weighted by atomic mass is 10.1. The lowest BCUT2D eigenvalue weighted by molar-refractivity contribution is 0.128. The third-order valence-electron chi connectivity index (χ3n) is 2.77. The molecule has 0 aliphatic heterocycles. The van der Waals surface area contributed by atoms with Crippen molar-refractivity contribution in [2.75, 3.05) is 19.1 Å². The molecule has 112 valence electrons. The van der Waals surface area contributed by atoms with E-state index in [0.29, 0.717) is 11.1 Å². The Kier molecular flexibility index (Phi) is 4.90. The normalized spacial score (nSPS) is 10.9. The molecule has 7 heteroatoms. The van der Waals surface area contributed by atoms with Crippen LogP contribution in [0.25, 0.3) is 11.1 Å². The third-order valence-corrected chi connectivity index (χ3v) is 3.08. The highest BCUT2D eigenvalue weighted by atomic mass is 35.5. The van der Waals surface area contributed by atoms with Crippen LogP contribution in [-0.2, 0) is 0 Å². The lowest BCUT2D eigenvalue weighted by Gasteiger charge is -2.12. The lowest BCUT2D eigenvalue weighted by Crippen LogP contribution is -2.21. The molecular formula is C14H12ClF3N2O. The van der Waals surface area contributed by atoms with Crippen LogP contribution in [0.2, 0.25) is 5.02 Å². The zero-order valence-electron chi connectivity index (χ0n) is 10.8. The predicted octanol–water partition coefficient (Wildman–Crippen LogP) is 3.81. The van der Waals surface area contributed by atoms with Gasteiger partial charge in [0.1, 0.15) is 19.2 Å². The maximum atomic E-state index is 13.5. The van der Waals surface area contributed by atoms with Gasteiger partial charge in [-0.3, -0.25) is 0 Å². The van der Waals surface area contributed by atoms with Crippen molar-refractivity contribution in [2.45, 2.75) is 6.10 Å². The number of ether oxygens (including phenoxy) is 1. The second-order valence-corrected chi connectivity index (χ2v) is 4.69. The Hall–Kier alpha value is -1.95. The highest BCUT2D eigenvalue weighted by Crippen LogP contribution is 2.31. The number of benzene rings is 1. The van der Waals surface area contributed by atoms with Crippen LogP contribution in [0.3, 0.4) is 0 Å². The van der Waals surface area contributed by atoms with Crippen molar-refractivity contribution in [1.82, 2.24) is 4.98 Å². The number of nitrogens with zero attached hydrogens (tertiary/aromatic N) is 1. The third kappa shape index (κ3) is 3.58. The molecule has 1 aromatic carbocycles. The van der Waals surface area contributed by atoms with Crippen molar-refractivity contribution >= 4 is 17.3 Å². The van der Waals surface area contributed by atoms with Gasteiger partial charge in [0.05, 0.1) is 10.7 Å². The molecule has 0 amide bonds. The number of pyridine rings is 1. The summed E-state index contributed by atoms with van der Waals surface area (Å²) in [5.41, 5.74) is 6.30. The Morgan fingerprint density at radius 3 is 2.52 bits per heavy atom. The summed E-state index contributed by atoms with van der Waals surface area (Å²) in [6.07, 6.45) is 0.195. The van der Waals surface area contributed by atoms with Gasteiger partial charge in [0.15, 0.2) is 6.10 Å². The number of halogens is 4. The fraction of sp³-hybridized carbons (Fsp3) is 0.214. The summed E-state index contributed by atoms with van der Waals surface area (Å²) >= 11 is 6.00. The van der Waals surface area contributed by atoms with Crippen LogP contribution < -0.4 is 10.5 Å². The van der Waals surface area contributed by atoms with E-state index in [-0.39, 0.29) is 16.6 Å².